The lowest BCUT2D eigenvalue weighted by molar-refractivity contribution is 0.328. The summed E-state index contributed by atoms with van der Waals surface area (Å²) in [6.45, 7) is 10.9. The zero-order valence-electron chi connectivity index (χ0n) is 11.7. The van der Waals surface area contributed by atoms with Gasteiger partial charge in [-0.2, -0.15) is 4.98 Å². The van der Waals surface area contributed by atoms with Crippen LogP contribution in [0.5, 0.6) is 0 Å². The maximum Gasteiger partial charge on any atom is 0.243 e. The summed E-state index contributed by atoms with van der Waals surface area (Å²) in [6, 6.07) is -0.133. The zero-order valence-corrected chi connectivity index (χ0v) is 11.7. The van der Waals surface area contributed by atoms with Crippen LogP contribution in [-0.4, -0.2) is 10.1 Å². The van der Waals surface area contributed by atoms with Crippen molar-refractivity contribution >= 4 is 0 Å². The highest BCUT2D eigenvalue weighted by Gasteiger charge is 2.17. The average Bonchev–Trinajstić information content (AvgIpc) is 2.60. The summed E-state index contributed by atoms with van der Waals surface area (Å²) >= 11 is 0. The SMILES string of the molecule is CC(C)C[C@@H](N)c1nc(CCC(C)(C)C)no1. The third-order valence-corrected chi connectivity index (χ3v) is 2.62. The van der Waals surface area contributed by atoms with Crippen molar-refractivity contribution in [2.45, 2.75) is 59.9 Å². The standard InChI is InChI=1S/C13H25N3O/c1-9(2)8-10(14)12-15-11(16-17-12)6-7-13(3,4)5/h9-10H,6-8,14H2,1-5H3/t10-/m1/s1. The van der Waals surface area contributed by atoms with Gasteiger partial charge in [0.2, 0.25) is 5.89 Å². The van der Waals surface area contributed by atoms with Crippen LogP contribution in [0.25, 0.3) is 0 Å². The maximum absolute atomic E-state index is 5.99. The summed E-state index contributed by atoms with van der Waals surface area (Å²) in [5.74, 6) is 1.88. The monoisotopic (exact) mass is 239 g/mol. The summed E-state index contributed by atoms with van der Waals surface area (Å²) in [6.07, 6.45) is 2.77. The van der Waals surface area contributed by atoms with E-state index in [-0.39, 0.29) is 6.04 Å². The number of nitrogens with zero attached hydrogens (tertiary/aromatic N) is 2. The summed E-state index contributed by atoms with van der Waals surface area (Å²) in [4.78, 5) is 4.36. The van der Waals surface area contributed by atoms with Crippen LogP contribution in [0.2, 0.25) is 0 Å². The Labute approximate surface area is 104 Å². The summed E-state index contributed by atoms with van der Waals surface area (Å²) in [5, 5.41) is 3.98. The average molecular weight is 239 g/mol. The molecule has 0 saturated carbocycles. The molecule has 4 nitrogen and oxygen atoms in total. The molecule has 0 saturated heterocycles. The Morgan fingerprint density at radius 2 is 1.94 bits per heavy atom. The largest absolute Gasteiger partial charge is 0.338 e. The molecule has 0 radical (unpaired) electrons. The molecule has 1 aromatic heterocycles. The Balaban J connectivity index is 2.53. The Hall–Kier alpha value is -0.900. The number of rotatable bonds is 5. The number of aryl methyl sites for hydroxylation is 1. The minimum atomic E-state index is -0.133. The maximum atomic E-state index is 5.99. The lowest BCUT2D eigenvalue weighted by atomic mass is 9.90. The van der Waals surface area contributed by atoms with Crippen LogP contribution in [-0.2, 0) is 6.42 Å². The fourth-order valence-electron chi connectivity index (χ4n) is 1.62. The molecule has 0 bridgehead atoms. The van der Waals surface area contributed by atoms with Crippen LogP contribution in [0.1, 0.15) is 65.2 Å². The molecule has 0 unspecified atom stereocenters. The smallest absolute Gasteiger partial charge is 0.243 e. The molecule has 0 amide bonds. The molecule has 0 aliphatic rings. The van der Waals surface area contributed by atoms with Gasteiger partial charge in [0.1, 0.15) is 0 Å². The topological polar surface area (TPSA) is 64.9 Å². The lowest BCUT2D eigenvalue weighted by Gasteiger charge is -2.15. The van der Waals surface area contributed by atoms with Crippen LogP contribution in [0.4, 0.5) is 0 Å². The van der Waals surface area contributed by atoms with Gasteiger partial charge in [0.15, 0.2) is 5.82 Å². The van der Waals surface area contributed by atoms with Crippen LogP contribution in [0.15, 0.2) is 4.52 Å². The first kappa shape index (κ1) is 14.2. The van der Waals surface area contributed by atoms with Gasteiger partial charge in [-0.3, -0.25) is 0 Å². The Bertz CT molecular complexity index is 339. The molecule has 1 aromatic rings. The van der Waals surface area contributed by atoms with Crippen LogP contribution < -0.4 is 5.73 Å². The molecule has 1 heterocycles. The Kier molecular flexibility index (Phi) is 4.69. The predicted molar refractivity (Wildman–Crippen MR) is 68.5 cm³/mol. The molecule has 1 rings (SSSR count). The van der Waals surface area contributed by atoms with Crippen LogP contribution in [0, 0.1) is 11.3 Å². The predicted octanol–water partition coefficient (Wildman–Crippen LogP) is 3.09. The van der Waals surface area contributed by atoms with E-state index in [0.29, 0.717) is 17.2 Å². The van der Waals surface area contributed by atoms with Gasteiger partial charge in [-0.1, -0.05) is 39.8 Å². The van der Waals surface area contributed by atoms with Gasteiger partial charge in [-0.15, -0.1) is 0 Å². The van der Waals surface area contributed by atoms with Gasteiger partial charge < -0.3 is 10.3 Å². The third-order valence-electron chi connectivity index (χ3n) is 2.62. The molecule has 0 aromatic carbocycles. The molecular formula is C13H25N3O. The number of aromatic nitrogens is 2. The van der Waals surface area contributed by atoms with E-state index < -0.39 is 0 Å². The van der Waals surface area contributed by atoms with Crippen molar-refractivity contribution in [3.63, 3.8) is 0 Å². The van der Waals surface area contributed by atoms with Crippen molar-refractivity contribution in [1.29, 1.82) is 0 Å². The highest BCUT2D eigenvalue weighted by atomic mass is 16.5. The van der Waals surface area contributed by atoms with Crippen molar-refractivity contribution in [1.82, 2.24) is 10.1 Å². The molecule has 2 N–H and O–H groups in total. The fraction of sp³-hybridized carbons (Fsp3) is 0.846. The first-order valence-corrected chi connectivity index (χ1v) is 6.36. The van der Waals surface area contributed by atoms with Gasteiger partial charge in [0, 0.05) is 6.42 Å². The van der Waals surface area contributed by atoms with Gasteiger partial charge in [0.05, 0.1) is 6.04 Å². The summed E-state index contributed by atoms with van der Waals surface area (Å²) in [5.41, 5.74) is 6.29. The van der Waals surface area contributed by atoms with Crippen molar-refractivity contribution in [3.8, 4) is 0 Å². The third kappa shape index (κ3) is 5.31. The van der Waals surface area contributed by atoms with Crippen LogP contribution >= 0.6 is 0 Å². The molecule has 98 valence electrons. The van der Waals surface area contributed by atoms with Crippen molar-refractivity contribution in [2.75, 3.05) is 0 Å². The van der Waals surface area contributed by atoms with Crippen molar-refractivity contribution in [3.05, 3.63) is 11.7 Å². The van der Waals surface area contributed by atoms with Crippen molar-refractivity contribution in [2.24, 2.45) is 17.1 Å². The van der Waals surface area contributed by atoms with Crippen molar-refractivity contribution < 1.29 is 4.52 Å². The second-order valence-electron chi connectivity index (χ2n) is 6.35. The Morgan fingerprint density at radius 1 is 1.29 bits per heavy atom. The van der Waals surface area contributed by atoms with Crippen LogP contribution in [0.3, 0.4) is 0 Å². The second-order valence-corrected chi connectivity index (χ2v) is 6.35. The normalized spacial score (nSPS) is 14.3. The minimum Gasteiger partial charge on any atom is -0.338 e. The first-order chi connectivity index (χ1) is 7.78. The van der Waals surface area contributed by atoms with E-state index >= 15 is 0 Å². The Morgan fingerprint density at radius 3 is 2.47 bits per heavy atom. The molecule has 1 atom stereocenters. The first-order valence-electron chi connectivity index (χ1n) is 6.36. The van der Waals surface area contributed by atoms with Gasteiger partial charge in [0.25, 0.3) is 0 Å². The molecule has 4 heteroatoms. The van der Waals surface area contributed by atoms with E-state index in [0.717, 1.165) is 25.1 Å². The highest BCUT2D eigenvalue weighted by molar-refractivity contribution is 4.92. The van der Waals surface area contributed by atoms with E-state index in [2.05, 4.69) is 44.8 Å². The van der Waals surface area contributed by atoms with E-state index in [4.69, 9.17) is 10.3 Å². The van der Waals surface area contributed by atoms with E-state index in [1.54, 1.807) is 0 Å². The minimum absolute atomic E-state index is 0.133. The van der Waals surface area contributed by atoms with Gasteiger partial charge in [-0.05, 0) is 24.2 Å². The lowest BCUT2D eigenvalue weighted by Crippen LogP contribution is -2.13. The molecular weight excluding hydrogens is 214 g/mol. The van der Waals surface area contributed by atoms with E-state index in [1.807, 2.05) is 0 Å². The summed E-state index contributed by atoms with van der Waals surface area (Å²) in [7, 11) is 0. The van der Waals surface area contributed by atoms with Gasteiger partial charge >= 0.3 is 0 Å². The zero-order chi connectivity index (χ0) is 13.1. The van der Waals surface area contributed by atoms with Gasteiger partial charge in [-0.25, -0.2) is 0 Å². The quantitative estimate of drug-likeness (QED) is 0.857. The number of hydrogen-bond acceptors (Lipinski definition) is 4. The van der Waals surface area contributed by atoms with E-state index in [9.17, 15) is 0 Å². The fourth-order valence-corrected chi connectivity index (χ4v) is 1.62. The molecule has 0 fully saturated rings. The second kappa shape index (κ2) is 5.63. The number of hydrogen-bond donors (Lipinski definition) is 1. The molecule has 0 aliphatic heterocycles. The molecule has 0 aliphatic carbocycles. The number of nitrogens with two attached hydrogens (primary N) is 1. The highest BCUT2D eigenvalue weighted by Crippen LogP contribution is 2.22. The van der Waals surface area contributed by atoms with E-state index in [1.165, 1.54) is 0 Å². The summed E-state index contributed by atoms with van der Waals surface area (Å²) < 4.78 is 5.21. The molecule has 17 heavy (non-hydrogen) atoms. The molecule has 0 spiro atoms.